The van der Waals surface area contributed by atoms with Crippen molar-refractivity contribution in [3.05, 3.63) is 51.3 Å². The number of carbonyl (C=O) groups is 1. The molecular formula is C20H25BrN4O2. The smallest absolute Gasteiger partial charge is 0.254 e. The lowest BCUT2D eigenvalue weighted by atomic mass is 10.2. The summed E-state index contributed by atoms with van der Waals surface area (Å²) >= 11 is 3.66. The van der Waals surface area contributed by atoms with Crippen molar-refractivity contribution in [2.24, 2.45) is 5.10 Å². The normalized spacial score (nSPS) is 15.4. The molecule has 0 aliphatic carbocycles. The van der Waals surface area contributed by atoms with E-state index < -0.39 is 0 Å². The second-order valence-electron chi connectivity index (χ2n) is 6.75. The van der Waals surface area contributed by atoms with Crippen molar-refractivity contribution in [1.82, 2.24) is 14.9 Å². The van der Waals surface area contributed by atoms with E-state index in [1.807, 2.05) is 0 Å². The maximum absolute atomic E-state index is 12.1. The maximum Gasteiger partial charge on any atom is 0.254 e. The second-order valence-corrected chi connectivity index (χ2v) is 7.54. The third-order valence-electron chi connectivity index (χ3n) is 4.76. The summed E-state index contributed by atoms with van der Waals surface area (Å²) in [5, 5.41) is 4.17. The van der Waals surface area contributed by atoms with E-state index in [1.54, 1.807) is 6.21 Å². The Kier molecular flexibility index (Phi) is 6.46. The molecule has 2 heterocycles. The van der Waals surface area contributed by atoms with Gasteiger partial charge < -0.3 is 9.30 Å². The van der Waals surface area contributed by atoms with Crippen molar-refractivity contribution >= 4 is 28.1 Å². The molecule has 2 aromatic rings. The Labute approximate surface area is 168 Å². The highest BCUT2D eigenvalue weighted by Crippen LogP contribution is 2.29. The number of rotatable bonds is 5. The molecule has 0 bridgehead atoms. The highest BCUT2D eigenvalue weighted by atomic mass is 79.9. The summed E-state index contributed by atoms with van der Waals surface area (Å²) in [7, 11) is 0. The number of hydrogen-bond donors (Lipinski definition) is 1. The van der Waals surface area contributed by atoms with Crippen LogP contribution in [0.5, 0.6) is 0 Å². The van der Waals surface area contributed by atoms with Crippen LogP contribution in [-0.4, -0.2) is 54.4 Å². The molecular weight excluding hydrogens is 408 g/mol. The standard InChI is InChI=1S/C20H25BrN4O2/c1-14-4-6-17(7-5-14)25-15(2)18(20(21)16(25)3)12-22-23-19(26)13-24-8-10-27-11-9-24/h4-7,12H,8-11,13H2,1-3H3,(H,23,26)/b22-12-. The molecule has 0 atom stereocenters. The molecule has 3 rings (SSSR count). The molecule has 6 nitrogen and oxygen atoms in total. The van der Waals surface area contributed by atoms with Crippen molar-refractivity contribution in [2.45, 2.75) is 20.8 Å². The lowest BCUT2D eigenvalue weighted by molar-refractivity contribution is -0.123. The molecule has 1 aromatic carbocycles. The Morgan fingerprint density at radius 2 is 1.85 bits per heavy atom. The quantitative estimate of drug-likeness (QED) is 0.583. The summed E-state index contributed by atoms with van der Waals surface area (Å²) in [6.45, 7) is 9.43. The van der Waals surface area contributed by atoms with Crippen LogP contribution in [0.25, 0.3) is 5.69 Å². The van der Waals surface area contributed by atoms with E-state index in [1.165, 1.54) is 5.56 Å². The van der Waals surface area contributed by atoms with E-state index in [9.17, 15) is 4.79 Å². The molecule has 1 N–H and O–H groups in total. The largest absolute Gasteiger partial charge is 0.379 e. The van der Waals surface area contributed by atoms with Gasteiger partial charge in [-0.2, -0.15) is 5.10 Å². The number of morpholine rings is 1. The zero-order chi connectivity index (χ0) is 19.4. The first kappa shape index (κ1) is 19.8. The zero-order valence-electron chi connectivity index (χ0n) is 16.0. The molecule has 144 valence electrons. The lowest BCUT2D eigenvalue weighted by Crippen LogP contribution is -2.42. The van der Waals surface area contributed by atoms with Gasteiger partial charge in [-0.05, 0) is 48.8 Å². The zero-order valence-corrected chi connectivity index (χ0v) is 17.5. The van der Waals surface area contributed by atoms with Crippen LogP contribution in [0.4, 0.5) is 0 Å². The van der Waals surface area contributed by atoms with Crippen LogP contribution in [0.15, 0.2) is 33.8 Å². The van der Waals surface area contributed by atoms with E-state index in [2.05, 4.69) is 81.0 Å². The van der Waals surface area contributed by atoms with Gasteiger partial charge in [-0.25, -0.2) is 5.43 Å². The number of amides is 1. The Bertz CT molecular complexity index is 837. The fourth-order valence-corrected chi connectivity index (χ4v) is 3.79. The van der Waals surface area contributed by atoms with Gasteiger partial charge in [0, 0.05) is 40.2 Å². The monoisotopic (exact) mass is 432 g/mol. The van der Waals surface area contributed by atoms with Gasteiger partial charge in [0.05, 0.1) is 26.0 Å². The van der Waals surface area contributed by atoms with Crippen LogP contribution in [0.2, 0.25) is 0 Å². The predicted molar refractivity (Wildman–Crippen MR) is 111 cm³/mol. The number of carbonyl (C=O) groups excluding carboxylic acids is 1. The maximum atomic E-state index is 12.1. The number of aryl methyl sites for hydroxylation is 1. The van der Waals surface area contributed by atoms with Gasteiger partial charge in [-0.15, -0.1) is 0 Å². The predicted octanol–water partition coefficient (Wildman–Crippen LogP) is 2.95. The van der Waals surface area contributed by atoms with Crippen molar-refractivity contribution in [2.75, 3.05) is 32.8 Å². The third kappa shape index (κ3) is 4.66. The van der Waals surface area contributed by atoms with Crippen LogP contribution >= 0.6 is 15.9 Å². The number of nitrogens with one attached hydrogen (secondary N) is 1. The molecule has 1 aliphatic rings. The first-order valence-electron chi connectivity index (χ1n) is 9.04. The number of nitrogens with zero attached hydrogens (tertiary/aromatic N) is 3. The highest BCUT2D eigenvalue weighted by molar-refractivity contribution is 9.10. The van der Waals surface area contributed by atoms with E-state index in [-0.39, 0.29) is 5.91 Å². The Morgan fingerprint density at radius 1 is 1.19 bits per heavy atom. The van der Waals surface area contributed by atoms with Crippen molar-refractivity contribution < 1.29 is 9.53 Å². The number of halogens is 1. The summed E-state index contributed by atoms with van der Waals surface area (Å²) in [4.78, 5) is 14.1. The number of aromatic nitrogens is 1. The topological polar surface area (TPSA) is 58.9 Å². The first-order chi connectivity index (χ1) is 13.0. The van der Waals surface area contributed by atoms with Crippen molar-refractivity contribution in [1.29, 1.82) is 0 Å². The molecule has 0 saturated carbocycles. The molecule has 0 unspecified atom stereocenters. The Morgan fingerprint density at radius 3 is 2.52 bits per heavy atom. The van der Waals surface area contributed by atoms with Crippen molar-refractivity contribution in [3.63, 3.8) is 0 Å². The molecule has 1 fully saturated rings. The Balaban J connectivity index is 1.71. The van der Waals surface area contributed by atoms with E-state index in [4.69, 9.17) is 4.74 Å². The summed E-state index contributed by atoms with van der Waals surface area (Å²) in [6.07, 6.45) is 1.70. The van der Waals surface area contributed by atoms with E-state index in [0.717, 1.165) is 40.2 Å². The number of benzene rings is 1. The number of hydrogen-bond acceptors (Lipinski definition) is 4. The molecule has 0 spiro atoms. The van der Waals surface area contributed by atoms with E-state index >= 15 is 0 Å². The second kappa shape index (κ2) is 8.82. The van der Waals surface area contributed by atoms with Gasteiger partial charge in [0.25, 0.3) is 5.91 Å². The molecule has 1 aliphatic heterocycles. The average Bonchev–Trinajstić information content (AvgIpc) is 2.87. The van der Waals surface area contributed by atoms with Gasteiger partial charge in [-0.3, -0.25) is 9.69 Å². The van der Waals surface area contributed by atoms with Gasteiger partial charge in [0.2, 0.25) is 0 Å². The fraction of sp³-hybridized carbons (Fsp3) is 0.400. The minimum absolute atomic E-state index is 0.114. The third-order valence-corrected chi connectivity index (χ3v) is 5.76. The number of ether oxygens (including phenoxy) is 1. The summed E-state index contributed by atoms with van der Waals surface area (Å²) in [5.41, 5.74) is 8.07. The lowest BCUT2D eigenvalue weighted by Gasteiger charge is -2.25. The van der Waals surface area contributed by atoms with Gasteiger partial charge in [0.1, 0.15) is 0 Å². The van der Waals surface area contributed by atoms with E-state index in [0.29, 0.717) is 19.8 Å². The molecule has 1 amide bonds. The average molecular weight is 433 g/mol. The van der Waals surface area contributed by atoms with Crippen LogP contribution in [0.1, 0.15) is 22.5 Å². The van der Waals surface area contributed by atoms with Crippen LogP contribution in [-0.2, 0) is 9.53 Å². The van der Waals surface area contributed by atoms with Gasteiger partial charge >= 0.3 is 0 Å². The molecule has 27 heavy (non-hydrogen) atoms. The SMILES string of the molecule is Cc1ccc(-n2c(C)c(Br)c(/C=N\NC(=O)CN3CCOCC3)c2C)cc1. The van der Waals surface area contributed by atoms with Crippen LogP contribution in [0, 0.1) is 20.8 Å². The molecule has 1 aromatic heterocycles. The van der Waals surface area contributed by atoms with Crippen LogP contribution < -0.4 is 5.43 Å². The number of hydrazone groups is 1. The molecule has 0 radical (unpaired) electrons. The first-order valence-corrected chi connectivity index (χ1v) is 9.83. The van der Waals surface area contributed by atoms with Crippen LogP contribution in [0.3, 0.4) is 0 Å². The minimum Gasteiger partial charge on any atom is -0.379 e. The molecule has 1 saturated heterocycles. The summed E-state index contributed by atoms with van der Waals surface area (Å²) in [5.74, 6) is -0.114. The van der Waals surface area contributed by atoms with Gasteiger partial charge in [-0.1, -0.05) is 17.7 Å². The van der Waals surface area contributed by atoms with Gasteiger partial charge in [0.15, 0.2) is 0 Å². The summed E-state index contributed by atoms with van der Waals surface area (Å²) in [6, 6.07) is 8.41. The fourth-order valence-electron chi connectivity index (χ4n) is 3.22. The van der Waals surface area contributed by atoms with Crippen molar-refractivity contribution in [3.8, 4) is 5.69 Å². The summed E-state index contributed by atoms with van der Waals surface area (Å²) < 4.78 is 8.45. The molecule has 7 heteroatoms. The minimum atomic E-state index is -0.114. The highest BCUT2D eigenvalue weighted by Gasteiger charge is 2.16. The Hall–Kier alpha value is -1.96.